The molecule has 1 aliphatic heterocycles. The lowest BCUT2D eigenvalue weighted by Gasteiger charge is -2.31. The monoisotopic (exact) mass is 270 g/mol. The summed E-state index contributed by atoms with van der Waals surface area (Å²) >= 11 is 0. The smallest absolute Gasteiger partial charge is 0.222 e. The number of likely N-dealkylation sites (tertiary alicyclic amines) is 1. The summed E-state index contributed by atoms with van der Waals surface area (Å²) in [4.78, 5) is 17.4. The Morgan fingerprint density at radius 3 is 3.05 bits per heavy atom. The normalized spacial score (nSPS) is 19.4. The summed E-state index contributed by atoms with van der Waals surface area (Å²) in [5.74, 6) is 0.209. The topological polar surface area (TPSA) is 71.2 Å². The predicted octanol–water partition coefficient (Wildman–Crippen LogP) is 1.85. The molecule has 20 heavy (non-hydrogen) atoms. The molecule has 2 aromatic rings. The Bertz CT molecular complexity index is 655. The van der Waals surface area contributed by atoms with E-state index in [2.05, 4.69) is 10.3 Å². The van der Waals surface area contributed by atoms with Crippen molar-refractivity contribution in [3.63, 3.8) is 0 Å². The summed E-state index contributed by atoms with van der Waals surface area (Å²) in [6, 6.07) is 6.17. The van der Waals surface area contributed by atoms with Crippen LogP contribution in [0.3, 0.4) is 0 Å². The fourth-order valence-electron chi connectivity index (χ4n) is 2.67. The molecular formula is C15H18N4O. The molecule has 1 atom stereocenters. The lowest BCUT2D eigenvalue weighted by molar-refractivity contribution is -0.132. The van der Waals surface area contributed by atoms with Gasteiger partial charge in [0, 0.05) is 49.2 Å². The lowest BCUT2D eigenvalue weighted by Crippen LogP contribution is -2.43. The molecule has 2 heterocycles. The summed E-state index contributed by atoms with van der Waals surface area (Å²) < 4.78 is 0. The molecule has 0 saturated carbocycles. The number of carbonyl (C=O) groups is 1. The third-order valence-corrected chi connectivity index (χ3v) is 3.85. The molecule has 0 aliphatic carbocycles. The number of nitrogens with zero attached hydrogens (tertiary/aromatic N) is 2. The van der Waals surface area contributed by atoms with Gasteiger partial charge in [0.1, 0.15) is 0 Å². The number of hydrogen-bond acceptors (Lipinski definition) is 4. The number of aromatic nitrogens is 1. The Kier molecular flexibility index (Phi) is 3.18. The maximum atomic E-state index is 11.5. The minimum Gasteiger partial charge on any atom is -0.397 e. The molecule has 1 amide bonds. The Hall–Kier alpha value is -2.30. The molecule has 0 radical (unpaired) electrons. The van der Waals surface area contributed by atoms with E-state index in [1.54, 1.807) is 11.1 Å². The highest BCUT2D eigenvalue weighted by molar-refractivity contribution is 5.98. The van der Waals surface area contributed by atoms with E-state index in [1.165, 1.54) is 0 Å². The van der Waals surface area contributed by atoms with Crippen molar-refractivity contribution in [1.82, 2.24) is 9.88 Å². The molecule has 1 aliphatic rings. The lowest BCUT2D eigenvalue weighted by atomic mass is 10.0. The van der Waals surface area contributed by atoms with Gasteiger partial charge in [-0.1, -0.05) is 6.07 Å². The highest BCUT2D eigenvalue weighted by Gasteiger charge is 2.23. The van der Waals surface area contributed by atoms with Gasteiger partial charge in [-0.2, -0.15) is 0 Å². The summed E-state index contributed by atoms with van der Waals surface area (Å²) in [5.41, 5.74) is 7.89. The van der Waals surface area contributed by atoms with Crippen LogP contribution in [0.25, 0.3) is 10.8 Å². The van der Waals surface area contributed by atoms with E-state index in [-0.39, 0.29) is 11.9 Å². The Labute approximate surface area is 117 Å². The minimum atomic E-state index is 0.209. The van der Waals surface area contributed by atoms with Crippen molar-refractivity contribution in [3.8, 4) is 0 Å². The van der Waals surface area contributed by atoms with Gasteiger partial charge in [-0.05, 0) is 18.6 Å². The number of benzene rings is 1. The third-order valence-electron chi connectivity index (χ3n) is 3.85. The van der Waals surface area contributed by atoms with E-state index < -0.39 is 0 Å². The number of nitrogens with two attached hydrogens (primary N) is 1. The second kappa shape index (κ2) is 5.00. The van der Waals surface area contributed by atoms with Gasteiger partial charge in [0.05, 0.1) is 11.4 Å². The van der Waals surface area contributed by atoms with Crippen molar-refractivity contribution in [2.45, 2.75) is 18.9 Å². The SMILES string of the molecule is CN1CC(Nc2ccc3cnccc3c2N)CCC1=O. The van der Waals surface area contributed by atoms with E-state index in [9.17, 15) is 4.79 Å². The first-order chi connectivity index (χ1) is 9.65. The summed E-state index contributed by atoms with van der Waals surface area (Å²) in [6.45, 7) is 0.715. The minimum absolute atomic E-state index is 0.209. The van der Waals surface area contributed by atoms with E-state index in [1.807, 2.05) is 31.4 Å². The van der Waals surface area contributed by atoms with Crippen molar-refractivity contribution in [2.24, 2.45) is 0 Å². The third kappa shape index (κ3) is 2.27. The van der Waals surface area contributed by atoms with Crippen LogP contribution in [0.5, 0.6) is 0 Å². The number of piperidine rings is 1. The van der Waals surface area contributed by atoms with E-state index in [0.717, 1.165) is 28.6 Å². The summed E-state index contributed by atoms with van der Waals surface area (Å²) in [5, 5.41) is 5.49. The van der Waals surface area contributed by atoms with Crippen molar-refractivity contribution >= 4 is 28.1 Å². The van der Waals surface area contributed by atoms with Crippen LogP contribution in [0.15, 0.2) is 30.6 Å². The van der Waals surface area contributed by atoms with Crippen molar-refractivity contribution in [3.05, 3.63) is 30.6 Å². The fraction of sp³-hybridized carbons (Fsp3) is 0.333. The molecule has 3 N–H and O–H groups in total. The molecule has 1 unspecified atom stereocenters. The second-order valence-electron chi connectivity index (χ2n) is 5.28. The van der Waals surface area contributed by atoms with Crippen LogP contribution in [-0.4, -0.2) is 35.4 Å². The van der Waals surface area contributed by atoms with Crippen LogP contribution in [0.2, 0.25) is 0 Å². The Morgan fingerprint density at radius 1 is 1.40 bits per heavy atom. The predicted molar refractivity (Wildman–Crippen MR) is 80.4 cm³/mol. The standard InChI is InChI=1S/C15H18N4O/c1-19-9-11(3-5-14(19)20)18-13-4-2-10-8-17-7-6-12(10)15(13)16/h2,4,6-8,11,18H,3,5,9,16H2,1H3. The first kappa shape index (κ1) is 12.7. The van der Waals surface area contributed by atoms with Gasteiger partial charge in [-0.15, -0.1) is 0 Å². The van der Waals surface area contributed by atoms with E-state index >= 15 is 0 Å². The molecule has 0 spiro atoms. The zero-order chi connectivity index (χ0) is 14.1. The number of nitrogen functional groups attached to an aromatic ring is 1. The van der Waals surface area contributed by atoms with Gasteiger partial charge >= 0.3 is 0 Å². The zero-order valence-corrected chi connectivity index (χ0v) is 11.5. The number of nitrogens with one attached hydrogen (secondary N) is 1. The number of anilines is 2. The average molecular weight is 270 g/mol. The summed E-state index contributed by atoms with van der Waals surface area (Å²) in [6.07, 6.45) is 4.99. The van der Waals surface area contributed by atoms with Gasteiger partial charge in [0.25, 0.3) is 0 Å². The number of carbonyl (C=O) groups excluding carboxylic acids is 1. The van der Waals surface area contributed by atoms with Crippen LogP contribution in [0.1, 0.15) is 12.8 Å². The van der Waals surface area contributed by atoms with E-state index in [0.29, 0.717) is 13.0 Å². The molecule has 5 heteroatoms. The number of amides is 1. The molecule has 104 valence electrons. The molecule has 1 aromatic heterocycles. The van der Waals surface area contributed by atoms with Gasteiger partial charge in [0.15, 0.2) is 0 Å². The number of fused-ring (bicyclic) bond motifs is 1. The van der Waals surface area contributed by atoms with Gasteiger partial charge in [-0.25, -0.2) is 0 Å². The molecule has 1 fully saturated rings. The second-order valence-corrected chi connectivity index (χ2v) is 5.28. The number of hydrogen-bond donors (Lipinski definition) is 2. The zero-order valence-electron chi connectivity index (χ0n) is 11.5. The first-order valence-electron chi connectivity index (χ1n) is 6.78. The molecular weight excluding hydrogens is 252 g/mol. The van der Waals surface area contributed by atoms with Crippen LogP contribution in [0.4, 0.5) is 11.4 Å². The Morgan fingerprint density at radius 2 is 2.25 bits per heavy atom. The number of likely N-dealkylation sites (N-methyl/N-ethyl adjacent to an activating group) is 1. The quantitative estimate of drug-likeness (QED) is 0.817. The summed E-state index contributed by atoms with van der Waals surface area (Å²) in [7, 11) is 1.84. The molecule has 0 bridgehead atoms. The van der Waals surface area contributed by atoms with Crippen molar-refractivity contribution in [2.75, 3.05) is 24.6 Å². The highest BCUT2D eigenvalue weighted by atomic mass is 16.2. The number of rotatable bonds is 2. The molecule has 5 nitrogen and oxygen atoms in total. The van der Waals surface area contributed by atoms with Crippen LogP contribution in [0, 0.1) is 0 Å². The fourth-order valence-corrected chi connectivity index (χ4v) is 2.67. The van der Waals surface area contributed by atoms with Gasteiger partial charge in [-0.3, -0.25) is 9.78 Å². The largest absolute Gasteiger partial charge is 0.397 e. The number of pyridine rings is 1. The average Bonchev–Trinajstić information content (AvgIpc) is 2.46. The van der Waals surface area contributed by atoms with Crippen LogP contribution >= 0.6 is 0 Å². The molecule has 3 rings (SSSR count). The maximum Gasteiger partial charge on any atom is 0.222 e. The Balaban J connectivity index is 1.84. The van der Waals surface area contributed by atoms with E-state index in [4.69, 9.17) is 5.73 Å². The molecule has 1 saturated heterocycles. The van der Waals surface area contributed by atoms with Gasteiger partial charge in [0.2, 0.25) is 5.91 Å². The van der Waals surface area contributed by atoms with Gasteiger partial charge < -0.3 is 16.0 Å². The highest BCUT2D eigenvalue weighted by Crippen LogP contribution is 2.29. The van der Waals surface area contributed by atoms with Crippen LogP contribution in [-0.2, 0) is 4.79 Å². The molecule has 1 aromatic carbocycles. The van der Waals surface area contributed by atoms with Crippen LogP contribution < -0.4 is 11.1 Å². The first-order valence-corrected chi connectivity index (χ1v) is 6.78. The van der Waals surface area contributed by atoms with Crippen molar-refractivity contribution < 1.29 is 4.79 Å². The maximum absolute atomic E-state index is 11.5. The van der Waals surface area contributed by atoms with Crippen molar-refractivity contribution in [1.29, 1.82) is 0 Å².